The molecule has 0 unspecified atom stereocenters. The van der Waals surface area contributed by atoms with E-state index in [2.05, 4.69) is 41.5 Å². The zero-order valence-corrected chi connectivity index (χ0v) is 8.54. The third-order valence-corrected chi connectivity index (χ3v) is 2.37. The van der Waals surface area contributed by atoms with Crippen LogP contribution in [0.4, 0.5) is 5.69 Å². The number of hydrogen-bond acceptors (Lipinski definition) is 2. The number of aromatic nitrogens is 1. The minimum atomic E-state index is 0.945. The molecular formula is C12H14N2. The van der Waals surface area contributed by atoms with Crippen molar-refractivity contribution >= 4 is 16.5 Å². The van der Waals surface area contributed by atoms with Gasteiger partial charge in [-0.05, 0) is 26.0 Å². The molecule has 0 fully saturated rings. The lowest BCUT2D eigenvalue weighted by Gasteiger charge is -2.08. The normalized spacial score (nSPS) is 10.4. The van der Waals surface area contributed by atoms with E-state index in [1.54, 1.807) is 0 Å². The van der Waals surface area contributed by atoms with Crippen LogP contribution in [0.5, 0.6) is 0 Å². The van der Waals surface area contributed by atoms with Gasteiger partial charge in [0, 0.05) is 34.9 Å². The summed E-state index contributed by atoms with van der Waals surface area (Å²) in [6.45, 7) is 5.09. The number of nitrogens with zero attached hydrogens (tertiary/aromatic N) is 1. The predicted octanol–water partition coefficient (Wildman–Crippen LogP) is 2.98. The molecule has 1 heterocycles. The van der Waals surface area contributed by atoms with Crippen molar-refractivity contribution in [2.24, 2.45) is 0 Å². The van der Waals surface area contributed by atoms with E-state index < -0.39 is 0 Å². The molecule has 0 spiro atoms. The van der Waals surface area contributed by atoms with Gasteiger partial charge in [0.05, 0.1) is 0 Å². The Morgan fingerprint density at radius 3 is 2.86 bits per heavy atom. The Morgan fingerprint density at radius 1 is 1.21 bits per heavy atom. The Balaban J connectivity index is 2.68. The minimum Gasteiger partial charge on any atom is -0.385 e. The van der Waals surface area contributed by atoms with Crippen molar-refractivity contribution in [3.05, 3.63) is 36.2 Å². The van der Waals surface area contributed by atoms with Crippen molar-refractivity contribution in [2.45, 2.75) is 13.8 Å². The van der Waals surface area contributed by atoms with Gasteiger partial charge in [-0.1, -0.05) is 12.1 Å². The van der Waals surface area contributed by atoms with Gasteiger partial charge in [0.25, 0.3) is 0 Å². The molecule has 14 heavy (non-hydrogen) atoms. The van der Waals surface area contributed by atoms with Crippen LogP contribution in [-0.2, 0) is 0 Å². The van der Waals surface area contributed by atoms with E-state index in [0.29, 0.717) is 0 Å². The third kappa shape index (κ3) is 1.43. The molecule has 1 aromatic heterocycles. The zero-order valence-electron chi connectivity index (χ0n) is 8.54. The van der Waals surface area contributed by atoms with Crippen molar-refractivity contribution in [3.8, 4) is 0 Å². The fourth-order valence-corrected chi connectivity index (χ4v) is 1.70. The molecule has 1 aromatic carbocycles. The van der Waals surface area contributed by atoms with Crippen LogP contribution in [-0.4, -0.2) is 11.5 Å². The Bertz CT molecular complexity index is 449. The van der Waals surface area contributed by atoms with Crippen molar-refractivity contribution < 1.29 is 0 Å². The molecule has 0 aliphatic heterocycles. The highest BCUT2D eigenvalue weighted by Gasteiger charge is 2.01. The van der Waals surface area contributed by atoms with Gasteiger partial charge < -0.3 is 5.32 Å². The first-order valence-electron chi connectivity index (χ1n) is 4.91. The molecule has 2 aromatic rings. The van der Waals surface area contributed by atoms with E-state index in [0.717, 1.165) is 12.2 Å². The molecule has 0 radical (unpaired) electrons. The van der Waals surface area contributed by atoms with Gasteiger partial charge in [-0.2, -0.15) is 0 Å². The van der Waals surface area contributed by atoms with E-state index in [1.807, 2.05) is 13.1 Å². The Morgan fingerprint density at radius 2 is 2.07 bits per heavy atom. The Kier molecular flexibility index (Phi) is 2.35. The maximum absolute atomic E-state index is 4.28. The largest absolute Gasteiger partial charge is 0.385 e. The van der Waals surface area contributed by atoms with Crippen LogP contribution in [0.2, 0.25) is 0 Å². The monoisotopic (exact) mass is 186 g/mol. The molecule has 1 N–H and O–H groups in total. The lowest BCUT2D eigenvalue weighted by molar-refractivity contribution is 1.21. The van der Waals surface area contributed by atoms with Crippen LogP contribution >= 0.6 is 0 Å². The SMILES string of the molecule is CCNc1cccc2c(C)nccc12. The van der Waals surface area contributed by atoms with Gasteiger partial charge in [-0.25, -0.2) is 0 Å². The molecule has 0 amide bonds. The van der Waals surface area contributed by atoms with Crippen molar-refractivity contribution in [1.82, 2.24) is 4.98 Å². The summed E-state index contributed by atoms with van der Waals surface area (Å²) in [4.78, 5) is 4.28. The second kappa shape index (κ2) is 3.66. The van der Waals surface area contributed by atoms with Gasteiger partial charge in [0.15, 0.2) is 0 Å². The molecule has 0 aliphatic rings. The molecule has 2 nitrogen and oxygen atoms in total. The quantitative estimate of drug-likeness (QED) is 0.780. The van der Waals surface area contributed by atoms with Gasteiger partial charge >= 0.3 is 0 Å². The summed E-state index contributed by atoms with van der Waals surface area (Å²) in [6.07, 6.45) is 1.86. The lowest BCUT2D eigenvalue weighted by Crippen LogP contribution is -1.97. The highest BCUT2D eigenvalue weighted by Crippen LogP contribution is 2.24. The summed E-state index contributed by atoms with van der Waals surface area (Å²) in [5.41, 5.74) is 2.28. The van der Waals surface area contributed by atoms with Crippen LogP contribution in [0.25, 0.3) is 10.8 Å². The number of nitrogens with one attached hydrogen (secondary N) is 1. The van der Waals surface area contributed by atoms with E-state index in [4.69, 9.17) is 0 Å². The average molecular weight is 186 g/mol. The van der Waals surface area contributed by atoms with Crippen molar-refractivity contribution in [2.75, 3.05) is 11.9 Å². The molecular weight excluding hydrogens is 172 g/mol. The van der Waals surface area contributed by atoms with Gasteiger partial charge in [0.1, 0.15) is 0 Å². The molecule has 0 saturated carbocycles. The fourth-order valence-electron chi connectivity index (χ4n) is 1.70. The maximum Gasteiger partial charge on any atom is 0.0451 e. The minimum absolute atomic E-state index is 0.945. The molecule has 2 rings (SSSR count). The fraction of sp³-hybridized carbons (Fsp3) is 0.250. The van der Waals surface area contributed by atoms with Crippen LogP contribution in [0, 0.1) is 6.92 Å². The Hall–Kier alpha value is -1.57. The summed E-state index contributed by atoms with van der Waals surface area (Å²) < 4.78 is 0. The summed E-state index contributed by atoms with van der Waals surface area (Å²) >= 11 is 0. The Labute approximate surface area is 84.0 Å². The molecule has 72 valence electrons. The molecule has 2 heteroatoms. The van der Waals surface area contributed by atoms with E-state index in [-0.39, 0.29) is 0 Å². The predicted molar refractivity (Wildman–Crippen MR) is 60.6 cm³/mol. The first-order valence-corrected chi connectivity index (χ1v) is 4.91. The van der Waals surface area contributed by atoms with Gasteiger partial charge in [0.2, 0.25) is 0 Å². The second-order valence-electron chi connectivity index (χ2n) is 3.33. The highest BCUT2D eigenvalue weighted by atomic mass is 14.9. The number of anilines is 1. The van der Waals surface area contributed by atoms with Crippen molar-refractivity contribution in [1.29, 1.82) is 0 Å². The number of rotatable bonds is 2. The summed E-state index contributed by atoms with van der Waals surface area (Å²) in [6, 6.07) is 8.33. The molecule has 0 aliphatic carbocycles. The standard InChI is InChI=1S/C12H14N2/c1-3-13-12-6-4-5-10-9(2)14-8-7-11(10)12/h4-8,13H,3H2,1-2H3. The summed E-state index contributed by atoms with van der Waals surface area (Å²) in [5.74, 6) is 0. The number of pyridine rings is 1. The average Bonchev–Trinajstić information content (AvgIpc) is 2.20. The summed E-state index contributed by atoms with van der Waals surface area (Å²) in [5, 5.41) is 5.83. The number of aryl methyl sites for hydroxylation is 1. The van der Waals surface area contributed by atoms with Gasteiger partial charge in [-0.3, -0.25) is 4.98 Å². The third-order valence-electron chi connectivity index (χ3n) is 2.37. The lowest BCUT2D eigenvalue weighted by atomic mass is 10.1. The van der Waals surface area contributed by atoms with Crippen LogP contribution in [0.15, 0.2) is 30.5 Å². The zero-order chi connectivity index (χ0) is 9.97. The van der Waals surface area contributed by atoms with Crippen LogP contribution in [0.1, 0.15) is 12.6 Å². The second-order valence-corrected chi connectivity index (χ2v) is 3.33. The first kappa shape index (κ1) is 9.00. The van der Waals surface area contributed by atoms with E-state index in [1.165, 1.54) is 16.5 Å². The molecule has 0 bridgehead atoms. The smallest absolute Gasteiger partial charge is 0.0451 e. The number of benzene rings is 1. The molecule has 0 atom stereocenters. The van der Waals surface area contributed by atoms with Crippen LogP contribution < -0.4 is 5.32 Å². The van der Waals surface area contributed by atoms with Gasteiger partial charge in [-0.15, -0.1) is 0 Å². The molecule has 0 saturated heterocycles. The van der Waals surface area contributed by atoms with E-state index >= 15 is 0 Å². The van der Waals surface area contributed by atoms with Crippen LogP contribution in [0.3, 0.4) is 0 Å². The number of fused-ring (bicyclic) bond motifs is 1. The summed E-state index contributed by atoms with van der Waals surface area (Å²) in [7, 11) is 0. The topological polar surface area (TPSA) is 24.9 Å². The first-order chi connectivity index (χ1) is 6.83. The maximum atomic E-state index is 4.28. The highest BCUT2D eigenvalue weighted by molar-refractivity contribution is 5.94. The van der Waals surface area contributed by atoms with Crippen molar-refractivity contribution in [3.63, 3.8) is 0 Å². The number of hydrogen-bond donors (Lipinski definition) is 1. The van der Waals surface area contributed by atoms with E-state index in [9.17, 15) is 0 Å².